The smallest absolute Gasteiger partial charge is 0.260 e. The molecule has 1 aromatic carbocycles. The van der Waals surface area contributed by atoms with Crippen molar-refractivity contribution in [2.24, 2.45) is 0 Å². The van der Waals surface area contributed by atoms with Gasteiger partial charge in [-0.2, -0.15) is 0 Å². The number of piperidine rings is 1. The summed E-state index contributed by atoms with van der Waals surface area (Å²) in [4.78, 5) is 22.9. The van der Waals surface area contributed by atoms with Crippen molar-refractivity contribution in [2.45, 2.75) is 25.7 Å². The van der Waals surface area contributed by atoms with Crippen molar-refractivity contribution in [1.82, 2.24) is 14.9 Å². The van der Waals surface area contributed by atoms with Crippen LogP contribution in [0, 0.1) is 12.7 Å². The first-order valence-corrected chi connectivity index (χ1v) is 8.06. The quantitative estimate of drug-likeness (QED) is 0.865. The molecular weight excluding hydrogens is 309 g/mol. The Hall–Kier alpha value is -2.50. The van der Waals surface area contributed by atoms with Crippen molar-refractivity contribution >= 4 is 5.91 Å². The number of hydrogen-bond acceptors (Lipinski definition) is 4. The molecule has 0 saturated carbocycles. The predicted octanol–water partition coefficient (Wildman–Crippen LogP) is 2.71. The van der Waals surface area contributed by atoms with Gasteiger partial charge in [0.25, 0.3) is 5.91 Å². The molecule has 0 N–H and O–H groups in total. The average molecular weight is 329 g/mol. The van der Waals surface area contributed by atoms with Crippen LogP contribution in [0.3, 0.4) is 0 Å². The Labute approximate surface area is 140 Å². The van der Waals surface area contributed by atoms with Crippen molar-refractivity contribution < 1.29 is 13.9 Å². The van der Waals surface area contributed by atoms with Gasteiger partial charge in [0.05, 0.1) is 11.4 Å². The van der Waals surface area contributed by atoms with Crippen LogP contribution >= 0.6 is 0 Å². The molecule has 0 bridgehead atoms. The van der Waals surface area contributed by atoms with E-state index >= 15 is 0 Å². The Morgan fingerprint density at radius 3 is 2.88 bits per heavy atom. The average Bonchev–Trinajstić information content (AvgIpc) is 2.61. The highest BCUT2D eigenvalue weighted by molar-refractivity contribution is 5.78. The van der Waals surface area contributed by atoms with Gasteiger partial charge in [-0.15, -0.1) is 0 Å². The summed E-state index contributed by atoms with van der Waals surface area (Å²) < 4.78 is 18.3. The number of carbonyl (C=O) groups is 1. The molecule has 1 amide bonds. The molecular formula is C18H20FN3O2. The van der Waals surface area contributed by atoms with Crippen LogP contribution in [0.4, 0.5) is 4.39 Å². The van der Waals surface area contributed by atoms with E-state index in [0.717, 1.165) is 30.8 Å². The topological polar surface area (TPSA) is 55.3 Å². The van der Waals surface area contributed by atoms with Gasteiger partial charge in [-0.3, -0.25) is 14.8 Å². The highest BCUT2D eigenvalue weighted by Gasteiger charge is 2.26. The standard InChI is InChI=1S/C18H20FN3O2/c1-13-9-20-10-17(21-13)14-3-2-8-22(11-14)18(23)12-24-16-6-4-15(19)5-7-16/h4-7,9-10,14H,2-3,8,11-12H2,1H3/t14-/m0/s1. The van der Waals surface area contributed by atoms with Gasteiger partial charge >= 0.3 is 0 Å². The fourth-order valence-corrected chi connectivity index (χ4v) is 2.89. The summed E-state index contributed by atoms with van der Waals surface area (Å²) in [6.45, 7) is 3.22. The number of nitrogens with zero attached hydrogens (tertiary/aromatic N) is 3. The number of amides is 1. The van der Waals surface area contributed by atoms with E-state index in [1.165, 1.54) is 24.3 Å². The van der Waals surface area contributed by atoms with E-state index in [0.29, 0.717) is 12.3 Å². The molecule has 0 radical (unpaired) electrons. The zero-order chi connectivity index (χ0) is 16.9. The maximum atomic E-state index is 12.9. The number of aryl methyl sites for hydroxylation is 1. The molecule has 1 fully saturated rings. The van der Waals surface area contributed by atoms with E-state index in [1.807, 2.05) is 11.8 Å². The second-order valence-electron chi connectivity index (χ2n) is 6.01. The number of hydrogen-bond donors (Lipinski definition) is 0. The zero-order valence-corrected chi connectivity index (χ0v) is 13.6. The second-order valence-corrected chi connectivity index (χ2v) is 6.01. The first kappa shape index (κ1) is 16.4. The van der Waals surface area contributed by atoms with Crippen LogP contribution < -0.4 is 4.74 Å². The maximum absolute atomic E-state index is 12.9. The molecule has 5 nitrogen and oxygen atoms in total. The van der Waals surface area contributed by atoms with Crippen LogP contribution in [0.2, 0.25) is 0 Å². The van der Waals surface area contributed by atoms with Gasteiger partial charge in [0.1, 0.15) is 11.6 Å². The Morgan fingerprint density at radius 1 is 1.33 bits per heavy atom. The summed E-state index contributed by atoms with van der Waals surface area (Å²) in [5, 5.41) is 0. The van der Waals surface area contributed by atoms with E-state index in [2.05, 4.69) is 9.97 Å². The number of rotatable bonds is 4. The molecule has 1 atom stereocenters. The lowest BCUT2D eigenvalue weighted by Crippen LogP contribution is -2.41. The summed E-state index contributed by atoms with van der Waals surface area (Å²) in [6, 6.07) is 5.66. The van der Waals surface area contributed by atoms with Crippen molar-refractivity contribution in [3.8, 4) is 5.75 Å². The fourth-order valence-electron chi connectivity index (χ4n) is 2.89. The van der Waals surface area contributed by atoms with Gasteiger partial charge in [0.15, 0.2) is 6.61 Å². The highest BCUT2D eigenvalue weighted by atomic mass is 19.1. The summed E-state index contributed by atoms with van der Waals surface area (Å²) in [6.07, 6.45) is 5.44. The van der Waals surface area contributed by atoms with Gasteiger partial charge in [-0.25, -0.2) is 4.39 Å². The summed E-state index contributed by atoms with van der Waals surface area (Å²) >= 11 is 0. The van der Waals surface area contributed by atoms with Crippen LogP contribution in [-0.4, -0.2) is 40.5 Å². The third kappa shape index (κ3) is 4.07. The molecule has 1 aliphatic rings. The van der Waals surface area contributed by atoms with Crippen LogP contribution in [0.5, 0.6) is 5.75 Å². The first-order valence-electron chi connectivity index (χ1n) is 8.06. The lowest BCUT2D eigenvalue weighted by Gasteiger charge is -2.32. The fraction of sp³-hybridized carbons (Fsp3) is 0.389. The molecule has 3 rings (SSSR count). The van der Waals surface area contributed by atoms with Crippen LogP contribution in [0.25, 0.3) is 0 Å². The van der Waals surface area contributed by atoms with E-state index in [1.54, 1.807) is 12.4 Å². The molecule has 1 aromatic heterocycles. The molecule has 0 aliphatic carbocycles. The van der Waals surface area contributed by atoms with Gasteiger partial charge in [-0.05, 0) is 44.0 Å². The largest absolute Gasteiger partial charge is 0.484 e. The van der Waals surface area contributed by atoms with Crippen LogP contribution in [0.1, 0.15) is 30.1 Å². The minimum atomic E-state index is -0.327. The van der Waals surface area contributed by atoms with Crippen molar-refractivity contribution in [3.05, 3.63) is 53.9 Å². The van der Waals surface area contributed by atoms with E-state index in [4.69, 9.17) is 4.74 Å². The highest BCUT2D eigenvalue weighted by Crippen LogP contribution is 2.25. The summed E-state index contributed by atoms with van der Waals surface area (Å²) in [7, 11) is 0. The maximum Gasteiger partial charge on any atom is 0.260 e. The number of likely N-dealkylation sites (tertiary alicyclic amines) is 1. The summed E-state index contributed by atoms with van der Waals surface area (Å²) in [5.41, 5.74) is 1.82. The monoisotopic (exact) mass is 329 g/mol. The predicted molar refractivity (Wildman–Crippen MR) is 87.2 cm³/mol. The molecule has 24 heavy (non-hydrogen) atoms. The molecule has 0 spiro atoms. The van der Waals surface area contributed by atoms with Gasteiger partial charge in [0.2, 0.25) is 0 Å². The SMILES string of the molecule is Cc1cncc([C@H]2CCCN(C(=O)COc3ccc(F)cc3)C2)n1. The lowest BCUT2D eigenvalue weighted by atomic mass is 9.95. The van der Waals surface area contributed by atoms with Gasteiger partial charge in [-0.1, -0.05) is 0 Å². The number of halogens is 1. The van der Waals surface area contributed by atoms with Crippen LogP contribution in [0.15, 0.2) is 36.7 Å². The normalized spacial score (nSPS) is 17.6. The van der Waals surface area contributed by atoms with Crippen molar-refractivity contribution in [1.29, 1.82) is 0 Å². The third-order valence-electron chi connectivity index (χ3n) is 4.14. The van der Waals surface area contributed by atoms with E-state index in [9.17, 15) is 9.18 Å². The molecule has 2 aromatic rings. The molecule has 1 saturated heterocycles. The summed E-state index contributed by atoms with van der Waals surface area (Å²) in [5.74, 6) is 0.306. The van der Waals surface area contributed by atoms with Crippen molar-refractivity contribution in [2.75, 3.05) is 19.7 Å². The van der Waals surface area contributed by atoms with Crippen molar-refractivity contribution in [3.63, 3.8) is 0 Å². The minimum Gasteiger partial charge on any atom is -0.484 e. The Morgan fingerprint density at radius 2 is 2.12 bits per heavy atom. The molecule has 126 valence electrons. The Balaban J connectivity index is 1.57. The Kier molecular flexibility index (Phi) is 5.03. The van der Waals surface area contributed by atoms with Gasteiger partial charge < -0.3 is 9.64 Å². The number of carbonyl (C=O) groups excluding carboxylic acids is 1. The zero-order valence-electron chi connectivity index (χ0n) is 13.6. The van der Waals surface area contributed by atoms with Gasteiger partial charge in [0, 0.05) is 31.4 Å². The molecule has 1 aliphatic heterocycles. The minimum absolute atomic E-state index is 0.0438. The molecule has 6 heteroatoms. The molecule has 0 unspecified atom stereocenters. The first-order chi connectivity index (χ1) is 11.6. The van der Waals surface area contributed by atoms with Crippen LogP contribution in [-0.2, 0) is 4.79 Å². The number of aromatic nitrogens is 2. The Bertz CT molecular complexity index is 706. The third-order valence-corrected chi connectivity index (χ3v) is 4.14. The number of benzene rings is 1. The van der Waals surface area contributed by atoms with E-state index < -0.39 is 0 Å². The second kappa shape index (κ2) is 7.38. The number of ether oxygens (including phenoxy) is 1. The molecule has 2 heterocycles. The lowest BCUT2D eigenvalue weighted by molar-refractivity contribution is -0.134. The van der Waals surface area contributed by atoms with E-state index in [-0.39, 0.29) is 24.2 Å².